The molecule has 1 fully saturated rings. The molecule has 1 saturated heterocycles. The summed E-state index contributed by atoms with van der Waals surface area (Å²) in [6.07, 6.45) is 0.528. The fourth-order valence-electron chi connectivity index (χ4n) is 2.22. The van der Waals surface area contributed by atoms with E-state index in [0.717, 1.165) is 5.56 Å². The molecule has 0 aliphatic carbocycles. The Hall–Kier alpha value is -1.40. The maximum Gasteiger partial charge on any atom is 0.310 e. The molecule has 0 spiro atoms. The molecule has 5 nitrogen and oxygen atoms in total. The largest absolute Gasteiger partial charge is 0.469 e. The van der Waals surface area contributed by atoms with Gasteiger partial charge in [-0.25, -0.2) is 12.7 Å². The van der Waals surface area contributed by atoms with Gasteiger partial charge < -0.3 is 4.74 Å². The van der Waals surface area contributed by atoms with Gasteiger partial charge >= 0.3 is 5.97 Å². The Kier molecular flexibility index (Phi) is 4.21. The van der Waals surface area contributed by atoms with Gasteiger partial charge in [0.1, 0.15) is 0 Å². The molecule has 0 saturated carbocycles. The molecular formula is C13H17NO4S. The maximum atomic E-state index is 12.2. The first-order chi connectivity index (χ1) is 9.03. The Morgan fingerprint density at radius 2 is 2.05 bits per heavy atom. The Labute approximate surface area is 113 Å². The smallest absolute Gasteiger partial charge is 0.310 e. The molecule has 1 aliphatic heterocycles. The summed E-state index contributed by atoms with van der Waals surface area (Å²) >= 11 is 0. The van der Waals surface area contributed by atoms with Crippen LogP contribution in [0, 0.1) is 5.92 Å². The van der Waals surface area contributed by atoms with E-state index in [1.54, 1.807) is 12.1 Å². The van der Waals surface area contributed by atoms with Gasteiger partial charge in [-0.15, -0.1) is 0 Å². The van der Waals surface area contributed by atoms with Crippen molar-refractivity contribution in [1.82, 2.24) is 4.31 Å². The first-order valence-electron chi connectivity index (χ1n) is 6.12. The summed E-state index contributed by atoms with van der Waals surface area (Å²) in [6.45, 7) is 0.608. The van der Waals surface area contributed by atoms with Gasteiger partial charge in [-0.3, -0.25) is 4.79 Å². The number of methoxy groups -OCH3 is 1. The lowest BCUT2D eigenvalue weighted by Crippen LogP contribution is -2.31. The van der Waals surface area contributed by atoms with Crippen LogP contribution in [0.1, 0.15) is 12.0 Å². The molecule has 1 heterocycles. The number of hydrogen-bond donors (Lipinski definition) is 0. The molecule has 1 atom stereocenters. The molecule has 1 unspecified atom stereocenters. The lowest BCUT2D eigenvalue weighted by Gasteiger charge is -2.16. The molecular weight excluding hydrogens is 266 g/mol. The zero-order chi connectivity index (χ0) is 13.9. The number of esters is 1. The highest BCUT2D eigenvalue weighted by molar-refractivity contribution is 7.88. The summed E-state index contributed by atoms with van der Waals surface area (Å²) in [7, 11) is -2.04. The van der Waals surface area contributed by atoms with Crippen LogP contribution in [0.4, 0.5) is 0 Å². The van der Waals surface area contributed by atoms with E-state index in [4.69, 9.17) is 0 Å². The van der Waals surface area contributed by atoms with Crippen molar-refractivity contribution in [1.29, 1.82) is 0 Å². The molecule has 0 radical (unpaired) electrons. The van der Waals surface area contributed by atoms with Crippen molar-refractivity contribution in [3.63, 3.8) is 0 Å². The molecule has 0 N–H and O–H groups in total. The van der Waals surface area contributed by atoms with Gasteiger partial charge in [0.05, 0.1) is 18.8 Å². The van der Waals surface area contributed by atoms with E-state index in [1.807, 2.05) is 18.2 Å². The highest BCUT2D eigenvalue weighted by atomic mass is 32.2. The molecule has 104 valence electrons. The molecule has 0 bridgehead atoms. The van der Waals surface area contributed by atoms with Crippen molar-refractivity contribution in [2.24, 2.45) is 5.92 Å². The van der Waals surface area contributed by atoms with Gasteiger partial charge in [0.2, 0.25) is 10.0 Å². The van der Waals surface area contributed by atoms with Gasteiger partial charge in [0.25, 0.3) is 0 Å². The van der Waals surface area contributed by atoms with E-state index in [0.29, 0.717) is 13.0 Å². The lowest BCUT2D eigenvalue weighted by atomic mass is 10.1. The summed E-state index contributed by atoms with van der Waals surface area (Å²) in [5.74, 6) is -0.699. The third-order valence-corrected chi connectivity index (χ3v) is 5.09. The third kappa shape index (κ3) is 3.33. The number of carbonyl (C=O) groups excluding carboxylic acids is 1. The van der Waals surface area contributed by atoms with Crippen LogP contribution < -0.4 is 0 Å². The quantitative estimate of drug-likeness (QED) is 0.774. The molecule has 6 heteroatoms. The van der Waals surface area contributed by atoms with Crippen LogP contribution in [0.15, 0.2) is 30.3 Å². The minimum Gasteiger partial charge on any atom is -0.469 e. The van der Waals surface area contributed by atoms with Gasteiger partial charge in [0.15, 0.2) is 0 Å². The normalized spacial score (nSPS) is 20.4. The van der Waals surface area contributed by atoms with E-state index < -0.39 is 10.0 Å². The van der Waals surface area contributed by atoms with Gasteiger partial charge in [0, 0.05) is 13.1 Å². The zero-order valence-electron chi connectivity index (χ0n) is 10.8. The molecule has 19 heavy (non-hydrogen) atoms. The number of ether oxygens (including phenoxy) is 1. The maximum absolute atomic E-state index is 12.2. The summed E-state index contributed by atoms with van der Waals surface area (Å²) < 4.78 is 30.5. The fraction of sp³-hybridized carbons (Fsp3) is 0.462. The van der Waals surface area contributed by atoms with Crippen LogP contribution in [0.5, 0.6) is 0 Å². The fourth-order valence-corrected chi connectivity index (χ4v) is 3.80. The Bertz CT molecular complexity index is 541. The summed E-state index contributed by atoms with van der Waals surface area (Å²) in [6, 6.07) is 9.04. The highest BCUT2D eigenvalue weighted by Crippen LogP contribution is 2.22. The van der Waals surface area contributed by atoms with Crippen LogP contribution in [0.2, 0.25) is 0 Å². The van der Waals surface area contributed by atoms with E-state index in [-0.39, 0.29) is 24.2 Å². The molecule has 1 aromatic rings. The van der Waals surface area contributed by atoms with E-state index >= 15 is 0 Å². The molecule has 0 aromatic heterocycles. The molecule has 2 rings (SSSR count). The van der Waals surface area contributed by atoms with Crippen molar-refractivity contribution in [2.75, 3.05) is 20.2 Å². The summed E-state index contributed by atoms with van der Waals surface area (Å²) in [5.41, 5.74) is 0.754. The number of sulfonamides is 1. The van der Waals surface area contributed by atoms with Crippen molar-refractivity contribution in [3.8, 4) is 0 Å². The first-order valence-corrected chi connectivity index (χ1v) is 7.73. The van der Waals surface area contributed by atoms with Crippen LogP contribution in [0.25, 0.3) is 0 Å². The van der Waals surface area contributed by atoms with Gasteiger partial charge in [-0.05, 0) is 12.0 Å². The predicted molar refractivity (Wildman–Crippen MR) is 70.8 cm³/mol. The number of carbonyl (C=O) groups is 1. The minimum absolute atomic E-state index is 0.0261. The van der Waals surface area contributed by atoms with Crippen molar-refractivity contribution < 1.29 is 17.9 Å². The van der Waals surface area contributed by atoms with Crippen LogP contribution in [-0.4, -0.2) is 38.9 Å². The molecule has 1 aliphatic rings. The average molecular weight is 283 g/mol. The number of hydrogen-bond acceptors (Lipinski definition) is 4. The van der Waals surface area contributed by atoms with Crippen molar-refractivity contribution in [3.05, 3.63) is 35.9 Å². The second-order valence-electron chi connectivity index (χ2n) is 4.61. The van der Waals surface area contributed by atoms with E-state index in [1.165, 1.54) is 11.4 Å². The Morgan fingerprint density at radius 3 is 2.68 bits per heavy atom. The Morgan fingerprint density at radius 1 is 1.37 bits per heavy atom. The molecule has 0 amide bonds. The number of nitrogens with zero attached hydrogens (tertiary/aromatic N) is 1. The number of benzene rings is 1. The summed E-state index contributed by atoms with van der Waals surface area (Å²) in [4.78, 5) is 11.4. The predicted octanol–water partition coefficient (Wildman–Crippen LogP) is 1.01. The van der Waals surface area contributed by atoms with Gasteiger partial charge in [-0.2, -0.15) is 0 Å². The SMILES string of the molecule is COC(=O)C1CCN(S(=O)(=O)Cc2ccccc2)C1. The Balaban J connectivity index is 2.04. The first kappa shape index (κ1) is 14.0. The number of rotatable bonds is 4. The standard InChI is InChI=1S/C13H17NO4S/c1-18-13(15)12-7-8-14(9-12)19(16,17)10-11-5-3-2-4-6-11/h2-6,12H,7-10H2,1H3. The van der Waals surface area contributed by atoms with Crippen LogP contribution >= 0.6 is 0 Å². The van der Waals surface area contributed by atoms with E-state index in [9.17, 15) is 13.2 Å². The van der Waals surface area contributed by atoms with Crippen molar-refractivity contribution >= 4 is 16.0 Å². The van der Waals surface area contributed by atoms with Crippen LogP contribution in [0.3, 0.4) is 0 Å². The second kappa shape index (κ2) is 5.71. The van der Waals surface area contributed by atoms with Crippen LogP contribution in [-0.2, 0) is 25.3 Å². The lowest BCUT2D eigenvalue weighted by molar-refractivity contribution is -0.144. The van der Waals surface area contributed by atoms with E-state index in [2.05, 4.69) is 4.74 Å². The topological polar surface area (TPSA) is 63.7 Å². The summed E-state index contributed by atoms with van der Waals surface area (Å²) in [5, 5.41) is 0. The second-order valence-corrected chi connectivity index (χ2v) is 6.58. The van der Waals surface area contributed by atoms with Gasteiger partial charge in [-0.1, -0.05) is 30.3 Å². The third-order valence-electron chi connectivity index (χ3n) is 3.27. The average Bonchev–Trinajstić information content (AvgIpc) is 2.89. The zero-order valence-corrected chi connectivity index (χ0v) is 11.6. The van der Waals surface area contributed by atoms with Crippen molar-refractivity contribution in [2.45, 2.75) is 12.2 Å². The highest BCUT2D eigenvalue weighted by Gasteiger charge is 2.35. The monoisotopic (exact) mass is 283 g/mol. The molecule has 1 aromatic carbocycles. The minimum atomic E-state index is -3.36.